The number of benzene rings is 2. The minimum Gasteiger partial charge on any atom is -0.321 e. The van der Waals surface area contributed by atoms with E-state index in [0.717, 1.165) is 23.1 Å². The Morgan fingerprint density at radius 2 is 1.78 bits per heavy atom. The van der Waals surface area contributed by atoms with Crippen molar-refractivity contribution in [2.75, 3.05) is 5.32 Å². The van der Waals surface area contributed by atoms with E-state index in [0.29, 0.717) is 11.4 Å². The quantitative estimate of drug-likeness (QED) is 0.890. The Balaban J connectivity index is 2.48. The molecule has 2 N–H and O–H groups in total. The van der Waals surface area contributed by atoms with Crippen LogP contribution >= 0.6 is 0 Å². The zero-order chi connectivity index (χ0) is 16.8. The highest BCUT2D eigenvalue weighted by Crippen LogP contribution is 2.28. The summed E-state index contributed by atoms with van der Waals surface area (Å²) in [5.41, 5.74) is 5.14. The second-order valence-electron chi connectivity index (χ2n) is 5.44. The van der Waals surface area contributed by atoms with E-state index in [9.17, 15) is 9.70 Å². The van der Waals surface area contributed by atoms with Gasteiger partial charge in [0.1, 0.15) is 5.69 Å². The maximum absolute atomic E-state index is 11.2. The summed E-state index contributed by atoms with van der Waals surface area (Å²) in [6, 6.07) is 13.7. The molecule has 23 heavy (non-hydrogen) atoms. The SMILES string of the molecule is CC/C=C(\c1ccc(C)cc1)c1ccc(NC(C)=O)c([NH+]=O)c1. The van der Waals surface area contributed by atoms with Crippen LogP contribution in [0, 0.1) is 11.8 Å². The van der Waals surface area contributed by atoms with Crippen LogP contribution in [-0.4, -0.2) is 5.91 Å². The highest BCUT2D eigenvalue weighted by atomic mass is 16.3. The third-order valence-corrected chi connectivity index (χ3v) is 3.52. The Morgan fingerprint density at radius 3 is 2.35 bits per heavy atom. The number of anilines is 1. The van der Waals surface area contributed by atoms with Gasteiger partial charge in [0, 0.05) is 23.1 Å². The van der Waals surface area contributed by atoms with Gasteiger partial charge in [-0.1, -0.05) is 48.9 Å². The van der Waals surface area contributed by atoms with E-state index < -0.39 is 0 Å². The molecule has 118 valence electrons. The molecule has 0 saturated heterocycles. The number of allylic oxidation sites excluding steroid dienone is 1. The van der Waals surface area contributed by atoms with Crippen molar-refractivity contribution in [3.63, 3.8) is 0 Å². The van der Waals surface area contributed by atoms with Gasteiger partial charge >= 0.3 is 0 Å². The number of carbonyl (C=O) groups is 1. The molecule has 0 saturated carbocycles. The summed E-state index contributed by atoms with van der Waals surface area (Å²) in [6.45, 7) is 5.54. The molecule has 0 fully saturated rings. The summed E-state index contributed by atoms with van der Waals surface area (Å²) < 4.78 is 0. The fourth-order valence-corrected chi connectivity index (χ4v) is 2.43. The molecule has 0 aliphatic heterocycles. The molecule has 0 spiro atoms. The highest BCUT2D eigenvalue weighted by Gasteiger charge is 2.14. The minimum absolute atomic E-state index is 0.211. The fourth-order valence-electron chi connectivity index (χ4n) is 2.43. The van der Waals surface area contributed by atoms with Crippen LogP contribution in [0.4, 0.5) is 11.4 Å². The lowest BCUT2D eigenvalue weighted by Crippen LogP contribution is -2.56. The molecule has 2 aromatic carbocycles. The Labute approximate surface area is 136 Å². The molecule has 0 aliphatic carbocycles. The van der Waals surface area contributed by atoms with Crippen molar-refractivity contribution < 1.29 is 9.97 Å². The third kappa shape index (κ3) is 4.13. The Bertz CT molecular complexity index is 746. The van der Waals surface area contributed by atoms with Gasteiger partial charge in [-0.2, -0.15) is 0 Å². The van der Waals surface area contributed by atoms with Gasteiger partial charge in [0.05, 0.1) is 0 Å². The first-order chi connectivity index (χ1) is 11.0. The molecule has 0 heterocycles. The van der Waals surface area contributed by atoms with Gasteiger partial charge in [-0.25, -0.2) is 0 Å². The lowest BCUT2D eigenvalue weighted by molar-refractivity contribution is -0.378. The number of carbonyl (C=O) groups excluding carboxylic acids is 1. The van der Waals surface area contributed by atoms with Crippen LogP contribution in [0.3, 0.4) is 0 Å². The molecule has 2 aromatic rings. The van der Waals surface area contributed by atoms with Gasteiger partial charge in [0.15, 0.2) is 0 Å². The molecule has 0 radical (unpaired) electrons. The van der Waals surface area contributed by atoms with E-state index in [1.807, 2.05) is 11.2 Å². The monoisotopic (exact) mass is 309 g/mol. The number of aryl methyl sites for hydroxylation is 1. The largest absolute Gasteiger partial charge is 0.321 e. The highest BCUT2D eigenvalue weighted by molar-refractivity contribution is 5.92. The summed E-state index contributed by atoms with van der Waals surface area (Å²) in [7, 11) is 0. The van der Waals surface area contributed by atoms with E-state index >= 15 is 0 Å². The topological polar surface area (TPSA) is 60.1 Å². The number of nitroso groups, excluding NO2 is 1. The number of nitrogens with one attached hydrogen (secondary N) is 2. The van der Waals surface area contributed by atoms with Gasteiger partial charge < -0.3 is 5.32 Å². The van der Waals surface area contributed by atoms with Crippen molar-refractivity contribution >= 4 is 22.9 Å². The first-order valence-corrected chi connectivity index (χ1v) is 7.62. The Morgan fingerprint density at radius 1 is 1.13 bits per heavy atom. The van der Waals surface area contributed by atoms with Crippen molar-refractivity contribution in [3.8, 4) is 0 Å². The standard InChI is InChI=1S/C19H20N2O2/c1-4-5-17(15-8-6-13(2)7-9-15)16-10-11-18(20-14(3)22)19(12-16)21-23/h5-12H,4H2,1-3H3,(H,20,22)/p+1/b17-5+. The summed E-state index contributed by atoms with van der Waals surface area (Å²) in [4.78, 5) is 22.4. The second-order valence-corrected chi connectivity index (χ2v) is 5.44. The van der Waals surface area contributed by atoms with Crippen molar-refractivity contribution in [3.05, 3.63) is 70.1 Å². The zero-order valence-electron chi connectivity index (χ0n) is 13.6. The molecular formula is C19H21N2O2+. The van der Waals surface area contributed by atoms with Crippen LogP contribution in [0.1, 0.15) is 37.0 Å². The molecular weight excluding hydrogens is 288 g/mol. The molecule has 0 atom stereocenters. The van der Waals surface area contributed by atoms with Gasteiger partial charge in [-0.05, 0) is 36.1 Å². The van der Waals surface area contributed by atoms with E-state index in [4.69, 9.17) is 0 Å². The smallest absolute Gasteiger partial charge is 0.277 e. The van der Waals surface area contributed by atoms with Crippen LogP contribution in [0.25, 0.3) is 5.57 Å². The summed E-state index contributed by atoms with van der Waals surface area (Å²) in [5.74, 6) is -0.211. The average Bonchev–Trinajstić information content (AvgIpc) is 2.54. The van der Waals surface area contributed by atoms with Crippen LogP contribution in [-0.2, 0) is 4.79 Å². The maximum Gasteiger partial charge on any atom is 0.277 e. The molecule has 0 aromatic heterocycles. The first-order valence-electron chi connectivity index (χ1n) is 7.62. The molecule has 4 heteroatoms. The predicted molar refractivity (Wildman–Crippen MR) is 93.3 cm³/mol. The van der Waals surface area contributed by atoms with Gasteiger partial charge in [-0.15, -0.1) is 0 Å². The molecule has 0 bridgehead atoms. The van der Waals surface area contributed by atoms with E-state index in [1.54, 1.807) is 12.1 Å². The third-order valence-electron chi connectivity index (χ3n) is 3.52. The summed E-state index contributed by atoms with van der Waals surface area (Å²) in [5, 5.41) is 4.56. The summed E-state index contributed by atoms with van der Waals surface area (Å²) >= 11 is 0. The lowest BCUT2D eigenvalue weighted by Gasteiger charge is -2.10. The number of hydrogen-bond donors (Lipinski definition) is 2. The molecule has 4 nitrogen and oxygen atoms in total. The normalized spacial score (nSPS) is 11.2. The predicted octanol–water partition coefficient (Wildman–Crippen LogP) is 3.27. The van der Waals surface area contributed by atoms with E-state index in [-0.39, 0.29) is 5.91 Å². The fraction of sp³-hybridized carbons (Fsp3) is 0.211. The van der Waals surface area contributed by atoms with Crippen molar-refractivity contribution in [1.29, 1.82) is 0 Å². The number of amides is 1. The van der Waals surface area contributed by atoms with E-state index in [2.05, 4.69) is 49.5 Å². The van der Waals surface area contributed by atoms with Crippen LogP contribution in [0.5, 0.6) is 0 Å². The van der Waals surface area contributed by atoms with Gasteiger partial charge in [0.2, 0.25) is 5.91 Å². The maximum atomic E-state index is 11.2. The van der Waals surface area contributed by atoms with Gasteiger partial charge in [0.25, 0.3) is 5.69 Å². The van der Waals surface area contributed by atoms with Crippen molar-refractivity contribution in [2.24, 2.45) is 0 Å². The first kappa shape index (κ1) is 16.6. The molecule has 0 unspecified atom stereocenters. The minimum atomic E-state index is -0.211. The second kappa shape index (κ2) is 7.49. The summed E-state index contributed by atoms with van der Waals surface area (Å²) in [6.07, 6.45) is 3.02. The Hall–Kier alpha value is -2.75. The molecule has 0 aliphatic rings. The van der Waals surface area contributed by atoms with Gasteiger partial charge in [-0.3, -0.25) is 4.79 Å². The number of rotatable bonds is 5. The van der Waals surface area contributed by atoms with E-state index in [1.165, 1.54) is 12.5 Å². The molecule has 2 rings (SSSR count). The average molecular weight is 309 g/mol. The lowest BCUT2D eigenvalue weighted by atomic mass is 9.95. The van der Waals surface area contributed by atoms with Crippen LogP contribution in [0.15, 0.2) is 48.5 Å². The van der Waals surface area contributed by atoms with Crippen LogP contribution < -0.4 is 10.5 Å². The number of hydrogen-bond acceptors (Lipinski definition) is 2. The molecule has 1 amide bonds. The van der Waals surface area contributed by atoms with Crippen LogP contribution in [0.2, 0.25) is 0 Å². The Kier molecular flexibility index (Phi) is 5.41. The van der Waals surface area contributed by atoms with Crippen molar-refractivity contribution in [1.82, 2.24) is 0 Å². The zero-order valence-corrected chi connectivity index (χ0v) is 13.6. The van der Waals surface area contributed by atoms with Crippen molar-refractivity contribution in [2.45, 2.75) is 27.2 Å².